The molecule has 5 nitrogen and oxygen atoms in total. The largest absolute Gasteiger partial charge is 0.368 e. The van der Waals surface area contributed by atoms with Crippen LogP contribution < -0.4 is 11.1 Å². The molecule has 1 aromatic carbocycles. The number of carbonyl (C=O) groups excluding carboxylic acids is 3. The predicted molar refractivity (Wildman–Crippen MR) is 81.6 cm³/mol. The van der Waals surface area contributed by atoms with Crippen molar-refractivity contribution in [3.8, 4) is 0 Å². The van der Waals surface area contributed by atoms with Gasteiger partial charge in [-0.25, -0.2) is 0 Å². The van der Waals surface area contributed by atoms with Crippen LogP contribution in [-0.4, -0.2) is 23.6 Å². The summed E-state index contributed by atoms with van der Waals surface area (Å²) in [5, 5.41) is 2.66. The Kier molecular flexibility index (Phi) is 5.12. The molecule has 6 heteroatoms. The third kappa shape index (κ3) is 4.14. The highest BCUT2D eigenvalue weighted by Gasteiger charge is 2.32. The molecule has 0 aromatic heterocycles. The lowest BCUT2D eigenvalue weighted by molar-refractivity contribution is -0.124. The number of hydrogen-bond donors (Lipinski definition) is 2. The van der Waals surface area contributed by atoms with E-state index >= 15 is 0 Å². The van der Waals surface area contributed by atoms with E-state index in [1.165, 1.54) is 0 Å². The molecule has 1 aromatic rings. The maximum Gasteiger partial charge on any atom is 0.251 e. The van der Waals surface area contributed by atoms with Crippen LogP contribution in [0, 0.1) is 5.92 Å². The molecular formula is C15H17BrN2O3. The minimum atomic E-state index is -0.805. The monoisotopic (exact) mass is 352 g/mol. The average Bonchev–Trinajstić information content (AvgIpc) is 2.44. The Morgan fingerprint density at radius 2 is 2.14 bits per heavy atom. The van der Waals surface area contributed by atoms with Crippen molar-refractivity contribution in [3.05, 3.63) is 34.3 Å². The molecule has 1 aliphatic carbocycles. The van der Waals surface area contributed by atoms with Gasteiger partial charge in [0.2, 0.25) is 5.91 Å². The van der Waals surface area contributed by atoms with Crippen LogP contribution >= 0.6 is 15.9 Å². The molecule has 0 bridgehead atoms. The molecule has 2 amide bonds. The molecule has 21 heavy (non-hydrogen) atoms. The van der Waals surface area contributed by atoms with Crippen LogP contribution in [0.1, 0.15) is 36.0 Å². The zero-order valence-corrected chi connectivity index (χ0v) is 13.1. The van der Waals surface area contributed by atoms with Crippen LogP contribution in [0.5, 0.6) is 0 Å². The number of nitrogens with two attached hydrogens (primary N) is 1. The number of Topliss-reactive ketones (excluding diaryl/α,β-unsaturated/α-hetero) is 1. The molecule has 2 atom stereocenters. The number of amides is 2. The van der Waals surface area contributed by atoms with Gasteiger partial charge in [0.15, 0.2) is 0 Å². The molecule has 0 saturated heterocycles. The summed E-state index contributed by atoms with van der Waals surface area (Å²) in [6.45, 7) is 0. The number of hydrogen-bond acceptors (Lipinski definition) is 3. The van der Waals surface area contributed by atoms with E-state index in [1.54, 1.807) is 18.2 Å². The van der Waals surface area contributed by atoms with E-state index in [4.69, 9.17) is 5.73 Å². The lowest BCUT2D eigenvalue weighted by atomic mass is 9.82. The van der Waals surface area contributed by atoms with Gasteiger partial charge in [-0.1, -0.05) is 22.0 Å². The molecule has 1 fully saturated rings. The van der Waals surface area contributed by atoms with Crippen LogP contribution in [0.25, 0.3) is 0 Å². The Labute approximate surface area is 131 Å². The summed E-state index contributed by atoms with van der Waals surface area (Å²) >= 11 is 3.29. The second-order valence-electron chi connectivity index (χ2n) is 5.26. The first-order valence-electron chi connectivity index (χ1n) is 6.85. The normalized spacial score (nSPS) is 19.9. The van der Waals surface area contributed by atoms with Crippen molar-refractivity contribution in [1.82, 2.24) is 5.32 Å². The summed E-state index contributed by atoms with van der Waals surface area (Å²) in [4.78, 5) is 35.4. The van der Waals surface area contributed by atoms with Gasteiger partial charge in [-0.15, -0.1) is 0 Å². The van der Waals surface area contributed by atoms with Gasteiger partial charge in [0.25, 0.3) is 5.91 Å². The molecule has 0 unspecified atom stereocenters. The van der Waals surface area contributed by atoms with Gasteiger partial charge in [0.05, 0.1) is 0 Å². The molecule has 1 saturated carbocycles. The third-order valence-electron chi connectivity index (χ3n) is 3.67. The Bertz CT molecular complexity index is 574. The van der Waals surface area contributed by atoms with Gasteiger partial charge in [-0.05, 0) is 37.0 Å². The topological polar surface area (TPSA) is 89.3 Å². The Morgan fingerprint density at radius 3 is 2.76 bits per heavy atom. The van der Waals surface area contributed by atoms with Gasteiger partial charge >= 0.3 is 0 Å². The summed E-state index contributed by atoms with van der Waals surface area (Å²) in [5.74, 6) is -1.05. The number of carbonyl (C=O) groups is 3. The lowest BCUT2D eigenvalue weighted by Crippen LogP contribution is -2.50. The highest BCUT2D eigenvalue weighted by atomic mass is 79.9. The van der Waals surface area contributed by atoms with E-state index in [9.17, 15) is 14.4 Å². The summed E-state index contributed by atoms with van der Waals surface area (Å²) in [7, 11) is 0. The molecule has 0 spiro atoms. The number of rotatable bonds is 4. The van der Waals surface area contributed by atoms with Crippen LogP contribution in [-0.2, 0) is 9.59 Å². The zero-order valence-electron chi connectivity index (χ0n) is 11.5. The van der Waals surface area contributed by atoms with Gasteiger partial charge in [-0.2, -0.15) is 0 Å². The predicted octanol–water partition coefficient (Wildman–Crippen LogP) is 1.79. The van der Waals surface area contributed by atoms with Gasteiger partial charge < -0.3 is 11.1 Å². The number of halogens is 1. The number of primary amides is 1. The van der Waals surface area contributed by atoms with Crippen LogP contribution in [0.4, 0.5) is 0 Å². The number of nitrogens with one attached hydrogen (secondary N) is 1. The van der Waals surface area contributed by atoms with Crippen LogP contribution in [0.15, 0.2) is 28.7 Å². The molecule has 0 heterocycles. The van der Waals surface area contributed by atoms with Crippen LogP contribution in [0.2, 0.25) is 0 Å². The zero-order chi connectivity index (χ0) is 15.4. The molecular weight excluding hydrogens is 336 g/mol. The van der Waals surface area contributed by atoms with Gasteiger partial charge in [0, 0.05) is 22.9 Å². The first-order valence-corrected chi connectivity index (χ1v) is 7.64. The highest BCUT2D eigenvalue weighted by Crippen LogP contribution is 2.24. The van der Waals surface area contributed by atoms with Crippen molar-refractivity contribution in [2.75, 3.05) is 0 Å². The summed E-state index contributed by atoms with van der Waals surface area (Å²) in [6.07, 6.45) is 2.30. The minimum absolute atomic E-state index is 0.120. The highest BCUT2D eigenvalue weighted by molar-refractivity contribution is 9.10. The second kappa shape index (κ2) is 6.85. The lowest BCUT2D eigenvalue weighted by Gasteiger charge is -2.28. The smallest absolute Gasteiger partial charge is 0.251 e. The quantitative estimate of drug-likeness (QED) is 0.865. The fourth-order valence-electron chi connectivity index (χ4n) is 2.62. The molecule has 3 N–H and O–H groups in total. The maximum atomic E-state index is 12.2. The van der Waals surface area contributed by atoms with Crippen molar-refractivity contribution in [2.45, 2.75) is 31.7 Å². The van der Waals surface area contributed by atoms with Crippen molar-refractivity contribution in [3.63, 3.8) is 0 Å². The van der Waals surface area contributed by atoms with E-state index in [0.29, 0.717) is 18.4 Å². The van der Waals surface area contributed by atoms with E-state index in [0.717, 1.165) is 17.3 Å². The Balaban J connectivity index is 2.11. The number of benzene rings is 1. The first-order chi connectivity index (χ1) is 9.97. The molecule has 112 valence electrons. The van der Waals surface area contributed by atoms with E-state index < -0.39 is 11.9 Å². The van der Waals surface area contributed by atoms with Crippen molar-refractivity contribution >= 4 is 33.5 Å². The fourth-order valence-corrected chi connectivity index (χ4v) is 3.02. The average molecular weight is 353 g/mol. The maximum absolute atomic E-state index is 12.2. The van der Waals surface area contributed by atoms with Crippen LogP contribution in [0.3, 0.4) is 0 Å². The van der Waals surface area contributed by atoms with Crippen molar-refractivity contribution in [1.29, 1.82) is 0 Å². The molecule has 0 aliphatic heterocycles. The van der Waals surface area contributed by atoms with E-state index in [2.05, 4.69) is 21.2 Å². The number of ketones is 1. The van der Waals surface area contributed by atoms with Crippen molar-refractivity contribution in [2.24, 2.45) is 11.7 Å². The molecule has 1 aliphatic rings. The first kappa shape index (κ1) is 15.7. The van der Waals surface area contributed by atoms with E-state index in [1.807, 2.05) is 6.07 Å². The molecule has 2 rings (SSSR count). The summed E-state index contributed by atoms with van der Waals surface area (Å²) in [5.41, 5.74) is 5.84. The second-order valence-corrected chi connectivity index (χ2v) is 6.17. The molecule has 0 radical (unpaired) electrons. The van der Waals surface area contributed by atoms with E-state index in [-0.39, 0.29) is 17.6 Å². The minimum Gasteiger partial charge on any atom is -0.368 e. The SMILES string of the molecule is NC(=O)[C@H](NC(=O)c1cccc(Br)c1)[C@@H]1CCCC(=O)C1. The van der Waals surface area contributed by atoms with Crippen molar-refractivity contribution < 1.29 is 14.4 Å². The Morgan fingerprint density at radius 1 is 1.38 bits per heavy atom. The fraction of sp³-hybridized carbons (Fsp3) is 0.400. The summed E-state index contributed by atoms with van der Waals surface area (Å²) in [6, 6.07) is 6.06. The third-order valence-corrected chi connectivity index (χ3v) is 4.16. The Hall–Kier alpha value is -1.69. The standard InChI is InChI=1S/C15H17BrN2O3/c16-11-5-1-4-10(7-11)15(21)18-13(14(17)20)9-3-2-6-12(19)8-9/h1,4-5,7,9,13H,2-3,6,8H2,(H2,17,20)(H,18,21)/t9-,13-/m1/s1. The van der Waals surface area contributed by atoms with Gasteiger partial charge in [0.1, 0.15) is 11.8 Å². The van der Waals surface area contributed by atoms with Gasteiger partial charge in [-0.3, -0.25) is 14.4 Å². The summed E-state index contributed by atoms with van der Waals surface area (Å²) < 4.78 is 0.776.